The van der Waals surface area contributed by atoms with Crippen molar-refractivity contribution in [3.05, 3.63) is 0 Å². The van der Waals surface area contributed by atoms with Crippen LogP contribution in [0.25, 0.3) is 0 Å². The minimum atomic E-state index is -0.960. The quantitative estimate of drug-likeness (QED) is 0.480. The van der Waals surface area contributed by atoms with Crippen molar-refractivity contribution in [2.75, 3.05) is 6.61 Å². The number of fused-ring (bicyclic) bond motifs is 10. The van der Waals surface area contributed by atoms with Crippen molar-refractivity contribution in [1.82, 2.24) is 0 Å². The van der Waals surface area contributed by atoms with Gasteiger partial charge >= 0.3 is 0 Å². The Morgan fingerprint density at radius 1 is 0.929 bits per heavy atom. The summed E-state index contributed by atoms with van der Waals surface area (Å²) in [6.45, 7) is 4.38. The molecule has 28 heavy (non-hydrogen) atoms. The molecule has 6 rings (SSSR count). The molecule has 0 aromatic rings. The third-order valence-electron chi connectivity index (χ3n) is 11.0. The number of rotatable bonds is 0. The van der Waals surface area contributed by atoms with Crippen molar-refractivity contribution < 1.29 is 20.4 Å². The van der Waals surface area contributed by atoms with Crippen LogP contribution in [0.2, 0.25) is 0 Å². The molecule has 0 amide bonds. The summed E-state index contributed by atoms with van der Waals surface area (Å²) in [6.07, 6.45) is 6.06. The Hall–Kier alpha value is -0.600. The van der Waals surface area contributed by atoms with E-state index in [2.05, 4.69) is 25.7 Å². The van der Waals surface area contributed by atoms with E-state index in [0.717, 1.165) is 38.5 Å². The minimum absolute atomic E-state index is 0.113. The summed E-state index contributed by atoms with van der Waals surface area (Å²) < 4.78 is 0. The fraction of sp³-hybridized carbons (Fsp3) is 0.917. The van der Waals surface area contributed by atoms with E-state index in [1.165, 1.54) is 0 Å². The van der Waals surface area contributed by atoms with Crippen LogP contribution in [0.15, 0.2) is 0 Å². The SMILES string of the molecule is C[C@]12CC[C@H]3C([C@@H]1C1CC1[C@@]2(O)C#CCO)[C@H]1C[C@H]1[C@]1(O)C[C@@H](O)CC[C@]31C. The largest absolute Gasteiger partial charge is 0.393 e. The molecular formula is C24H34O4. The van der Waals surface area contributed by atoms with Gasteiger partial charge in [0.1, 0.15) is 12.2 Å². The van der Waals surface area contributed by atoms with E-state index in [4.69, 9.17) is 0 Å². The van der Waals surface area contributed by atoms with Gasteiger partial charge in [-0.05, 0) is 79.4 Å². The van der Waals surface area contributed by atoms with Crippen LogP contribution in [-0.4, -0.2) is 44.3 Å². The van der Waals surface area contributed by atoms with Crippen LogP contribution in [0.1, 0.15) is 58.8 Å². The third kappa shape index (κ3) is 1.81. The summed E-state index contributed by atoms with van der Waals surface area (Å²) in [5.41, 5.74) is -1.98. The van der Waals surface area contributed by atoms with Crippen molar-refractivity contribution >= 4 is 0 Å². The van der Waals surface area contributed by atoms with E-state index in [9.17, 15) is 20.4 Å². The molecule has 6 fully saturated rings. The van der Waals surface area contributed by atoms with Crippen molar-refractivity contribution in [3.63, 3.8) is 0 Å². The zero-order valence-electron chi connectivity index (χ0n) is 17.1. The lowest BCUT2D eigenvalue weighted by Gasteiger charge is -2.64. The van der Waals surface area contributed by atoms with Crippen molar-refractivity contribution in [3.8, 4) is 11.8 Å². The van der Waals surface area contributed by atoms with Crippen molar-refractivity contribution in [2.45, 2.75) is 76.1 Å². The molecule has 6 aliphatic rings. The Balaban J connectivity index is 1.42. The highest BCUT2D eigenvalue weighted by Crippen LogP contribution is 2.81. The molecule has 0 heterocycles. The highest BCUT2D eigenvalue weighted by molar-refractivity contribution is 5.36. The molecule has 6 aliphatic carbocycles. The molecule has 154 valence electrons. The summed E-state index contributed by atoms with van der Waals surface area (Å²) in [4.78, 5) is 0. The standard InChI is InChI=1S/C24H34O4/c1-21-7-4-13(26)12-24(21,28)17-10-14(17)19-16(21)5-8-22(2)20(19)15-11-18(15)23(22,27)6-3-9-25/h13-20,25-28H,4-5,7-12H2,1-2H3/t13-,14-,15?,16-,17+,18?,19?,20-,21+,22-,23-,24+/m0/s1. The zero-order chi connectivity index (χ0) is 19.7. The average molecular weight is 387 g/mol. The van der Waals surface area contributed by atoms with Gasteiger partial charge < -0.3 is 20.4 Å². The zero-order valence-corrected chi connectivity index (χ0v) is 17.1. The predicted octanol–water partition coefficient (Wildman–Crippen LogP) is 1.94. The molecule has 12 atom stereocenters. The highest BCUT2D eigenvalue weighted by atomic mass is 16.3. The first-order valence-corrected chi connectivity index (χ1v) is 11.4. The Kier molecular flexibility index (Phi) is 3.36. The summed E-state index contributed by atoms with van der Waals surface area (Å²) in [5, 5.41) is 43.1. The Bertz CT molecular complexity index is 785. The van der Waals surface area contributed by atoms with E-state index in [1.807, 2.05) is 0 Å². The lowest BCUT2D eigenvalue weighted by atomic mass is 9.42. The summed E-state index contributed by atoms with van der Waals surface area (Å²) >= 11 is 0. The number of hydrogen-bond donors (Lipinski definition) is 4. The smallest absolute Gasteiger partial charge is 0.134 e. The summed E-state index contributed by atoms with van der Waals surface area (Å²) in [6, 6.07) is 0. The summed E-state index contributed by atoms with van der Waals surface area (Å²) in [5.74, 6) is 9.14. The molecular weight excluding hydrogens is 352 g/mol. The first-order chi connectivity index (χ1) is 13.2. The van der Waals surface area contributed by atoms with Gasteiger partial charge in [-0.25, -0.2) is 0 Å². The third-order valence-corrected chi connectivity index (χ3v) is 11.0. The molecule has 0 aromatic heterocycles. The van der Waals surface area contributed by atoms with Crippen LogP contribution in [0.3, 0.4) is 0 Å². The lowest BCUT2D eigenvalue weighted by Crippen LogP contribution is -2.65. The van der Waals surface area contributed by atoms with E-state index in [1.54, 1.807) is 0 Å². The van der Waals surface area contributed by atoms with Crippen LogP contribution in [-0.2, 0) is 0 Å². The number of aliphatic hydroxyl groups excluding tert-OH is 2. The Labute approximate surface area is 167 Å². The van der Waals surface area contributed by atoms with Crippen LogP contribution in [0.4, 0.5) is 0 Å². The molecule has 0 radical (unpaired) electrons. The lowest BCUT2D eigenvalue weighted by molar-refractivity contribution is -0.233. The predicted molar refractivity (Wildman–Crippen MR) is 104 cm³/mol. The average Bonchev–Trinajstić information content (AvgIpc) is 3.54. The number of hydrogen-bond acceptors (Lipinski definition) is 4. The normalized spacial score (nSPS) is 65.6. The van der Waals surface area contributed by atoms with Gasteiger partial charge in [0.05, 0.1) is 11.7 Å². The van der Waals surface area contributed by atoms with Gasteiger partial charge in [-0.2, -0.15) is 0 Å². The molecule has 4 N–H and O–H groups in total. The fourth-order valence-corrected chi connectivity index (χ4v) is 9.57. The van der Waals surface area contributed by atoms with E-state index in [-0.39, 0.29) is 29.5 Å². The molecule has 0 aliphatic heterocycles. The molecule has 0 saturated heterocycles. The topological polar surface area (TPSA) is 80.9 Å². The first kappa shape index (κ1) is 18.2. The van der Waals surface area contributed by atoms with Gasteiger partial charge in [0.25, 0.3) is 0 Å². The van der Waals surface area contributed by atoms with Crippen LogP contribution >= 0.6 is 0 Å². The Morgan fingerprint density at radius 2 is 1.64 bits per heavy atom. The maximum absolute atomic E-state index is 11.8. The molecule has 0 aromatic carbocycles. The molecule has 4 nitrogen and oxygen atoms in total. The second-order valence-electron chi connectivity index (χ2n) is 11.6. The van der Waals surface area contributed by atoms with Gasteiger partial charge in [-0.1, -0.05) is 25.7 Å². The number of aliphatic hydroxyl groups is 4. The van der Waals surface area contributed by atoms with Crippen molar-refractivity contribution in [2.24, 2.45) is 52.3 Å². The molecule has 0 bridgehead atoms. The van der Waals surface area contributed by atoms with Crippen molar-refractivity contribution in [1.29, 1.82) is 0 Å². The highest BCUT2D eigenvalue weighted by Gasteiger charge is 2.81. The summed E-state index contributed by atoms with van der Waals surface area (Å²) in [7, 11) is 0. The van der Waals surface area contributed by atoms with Gasteiger partial charge in [-0.3, -0.25) is 0 Å². The van der Waals surface area contributed by atoms with Crippen LogP contribution in [0, 0.1) is 64.1 Å². The molecule has 0 spiro atoms. The van der Waals surface area contributed by atoms with E-state index in [0.29, 0.717) is 41.9 Å². The van der Waals surface area contributed by atoms with Gasteiger partial charge in [0.15, 0.2) is 0 Å². The van der Waals surface area contributed by atoms with E-state index < -0.39 is 11.2 Å². The van der Waals surface area contributed by atoms with Gasteiger partial charge in [0, 0.05) is 17.8 Å². The monoisotopic (exact) mass is 386 g/mol. The van der Waals surface area contributed by atoms with Crippen LogP contribution < -0.4 is 0 Å². The minimum Gasteiger partial charge on any atom is -0.393 e. The molecule has 6 saturated carbocycles. The molecule has 4 heteroatoms. The maximum Gasteiger partial charge on any atom is 0.134 e. The first-order valence-electron chi connectivity index (χ1n) is 11.4. The maximum atomic E-state index is 11.8. The Morgan fingerprint density at radius 3 is 2.39 bits per heavy atom. The second-order valence-corrected chi connectivity index (χ2v) is 11.6. The van der Waals surface area contributed by atoms with Crippen LogP contribution in [0.5, 0.6) is 0 Å². The molecule has 3 unspecified atom stereocenters. The van der Waals surface area contributed by atoms with Gasteiger partial charge in [-0.15, -0.1) is 0 Å². The second kappa shape index (κ2) is 5.17. The van der Waals surface area contributed by atoms with E-state index >= 15 is 0 Å². The fourth-order valence-electron chi connectivity index (χ4n) is 9.57. The van der Waals surface area contributed by atoms with Gasteiger partial charge in [0.2, 0.25) is 0 Å².